The van der Waals surface area contributed by atoms with Crippen molar-refractivity contribution in [2.45, 2.75) is 33.2 Å². The number of rotatable bonds is 9. The predicted octanol–water partition coefficient (Wildman–Crippen LogP) is 3.58. The number of methoxy groups -OCH3 is 2. The van der Waals surface area contributed by atoms with Gasteiger partial charge >= 0.3 is 0 Å². The third kappa shape index (κ3) is 5.67. The molecule has 2 aliphatic heterocycles. The SMILES string of the molecule is COCCn1nc(C)c(NC(=O)c2ccn3c2CCc2cnc(Nc4ccc(N5CCN(C)CC5)cc4OC)nc2-3)c1C. The van der Waals surface area contributed by atoms with E-state index in [9.17, 15) is 4.79 Å². The molecular weight excluding hydrogens is 546 g/mol. The van der Waals surface area contributed by atoms with E-state index in [4.69, 9.17) is 14.5 Å². The molecular formula is C31H39N9O3. The highest BCUT2D eigenvalue weighted by molar-refractivity contribution is 6.06. The van der Waals surface area contributed by atoms with Crippen LogP contribution in [0.25, 0.3) is 5.82 Å². The molecule has 0 spiro atoms. The average Bonchev–Trinajstić information content (AvgIpc) is 3.57. The van der Waals surface area contributed by atoms with Crippen LogP contribution in [-0.2, 0) is 24.1 Å². The van der Waals surface area contributed by atoms with Crippen LogP contribution in [0.2, 0.25) is 0 Å². The Kier molecular flexibility index (Phi) is 8.04. The highest BCUT2D eigenvalue weighted by Gasteiger charge is 2.25. The largest absolute Gasteiger partial charge is 0.494 e. The third-order valence-electron chi connectivity index (χ3n) is 8.36. The summed E-state index contributed by atoms with van der Waals surface area (Å²) in [6.45, 7) is 9.07. The highest BCUT2D eigenvalue weighted by Crippen LogP contribution is 2.33. The molecule has 0 atom stereocenters. The Hall–Kier alpha value is -4.42. The maximum atomic E-state index is 13.5. The fourth-order valence-electron chi connectivity index (χ4n) is 5.84. The lowest BCUT2D eigenvalue weighted by atomic mass is 10.0. The molecule has 0 bridgehead atoms. The maximum absolute atomic E-state index is 13.5. The Morgan fingerprint density at radius 3 is 2.65 bits per heavy atom. The number of carbonyl (C=O) groups is 1. The standard InChI is InChI=1S/C31H39N9O3/c1-20-28(21(2)40(36-20)16-17-42-4)34-30(41)24-10-11-39-26(24)9-6-22-19-32-31(35-29(22)39)33-25-8-7-23(18-27(25)43-5)38-14-12-37(3)13-15-38/h7-8,10-11,18-19H,6,9,12-17H2,1-5H3,(H,34,41)(H,32,33,35). The van der Waals surface area contributed by atoms with Gasteiger partial charge in [0.15, 0.2) is 0 Å². The van der Waals surface area contributed by atoms with Crippen molar-refractivity contribution in [3.8, 4) is 11.6 Å². The number of aromatic nitrogens is 5. The van der Waals surface area contributed by atoms with Crippen LogP contribution in [0.5, 0.6) is 5.75 Å². The van der Waals surface area contributed by atoms with Crippen LogP contribution in [0.15, 0.2) is 36.7 Å². The fraction of sp³-hybridized carbons (Fsp3) is 0.419. The molecule has 12 heteroatoms. The van der Waals surface area contributed by atoms with Gasteiger partial charge in [0.05, 0.1) is 48.6 Å². The first-order valence-electron chi connectivity index (χ1n) is 14.7. The van der Waals surface area contributed by atoms with Gasteiger partial charge in [-0.25, -0.2) is 4.98 Å². The highest BCUT2D eigenvalue weighted by atomic mass is 16.5. The molecule has 6 rings (SSSR count). The number of aryl methyl sites for hydroxylation is 2. The summed E-state index contributed by atoms with van der Waals surface area (Å²) < 4.78 is 14.8. The molecule has 5 heterocycles. The second kappa shape index (κ2) is 12.1. The number of hydrogen-bond donors (Lipinski definition) is 2. The van der Waals surface area contributed by atoms with Gasteiger partial charge in [-0.05, 0) is 51.9 Å². The van der Waals surface area contributed by atoms with Gasteiger partial charge in [0.25, 0.3) is 5.91 Å². The summed E-state index contributed by atoms with van der Waals surface area (Å²) in [6, 6.07) is 8.04. The van der Waals surface area contributed by atoms with Gasteiger partial charge in [-0.2, -0.15) is 10.1 Å². The predicted molar refractivity (Wildman–Crippen MR) is 166 cm³/mol. The first kappa shape index (κ1) is 28.7. The Balaban J connectivity index is 1.22. The molecule has 2 N–H and O–H groups in total. The molecule has 1 aromatic carbocycles. The Morgan fingerprint density at radius 2 is 1.88 bits per heavy atom. The molecule has 43 heavy (non-hydrogen) atoms. The number of nitrogens with one attached hydrogen (secondary N) is 2. The van der Waals surface area contributed by atoms with Crippen molar-refractivity contribution in [1.29, 1.82) is 0 Å². The summed E-state index contributed by atoms with van der Waals surface area (Å²) in [5.41, 5.74) is 6.92. The number of likely N-dealkylation sites (N-methyl/N-ethyl adjacent to an activating group) is 1. The first-order valence-corrected chi connectivity index (χ1v) is 14.7. The normalized spacial score (nSPS) is 14.8. The van der Waals surface area contributed by atoms with E-state index in [0.717, 1.165) is 83.9 Å². The number of hydrogen-bond acceptors (Lipinski definition) is 9. The van der Waals surface area contributed by atoms with E-state index < -0.39 is 0 Å². The van der Waals surface area contributed by atoms with Crippen LogP contribution in [0, 0.1) is 13.8 Å². The number of amides is 1. The zero-order valence-corrected chi connectivity index (χ0v) is 25.5. The Morgan fingerprint density at radius 1 is 1.07 bits per heavy atom. The lowest BCUT2D eigenvalue weighted by Crippen LogP contribution is -2.44. The van der Waals surface area contributed by atoms with E-state index in [1.54, 1.807) is 14.2 Å². The number of nitrogens with zero attached hydrogens (tertiary/aromatic N) is 7. The molecule has 4 aromatic rings. The summed E-state index contributed by atoms with van der Waals surface area (Å²) in [6.07, 6.45) is 5.23. The van der Waals surface area contributed by atoms with E-state index in [1.165, 1.54) is 0 Å². The zero-order valence-electron chi connectivity index (χ0n) is 25.5. The van der Waals surface area contributed by atoms with Crippen molar-refractivity contribution >= 4 is 28.9 Å². The minimum Gasteiger partial charge on any atom is -0.494 e. The Bertz CT molecular complexity index is 1640. The lowest BCUT2D eigenvalue weighted by molar-refractivity contribution is 0.102. The van der Waals surface area contributed by atoms with Gasteiger partial charge in [-0.15, -0.1) is 0 Å². The van der Waals surface area contributed by atoms with Crippen LogP contribution in [-0.4, -0.2) is 89.2 Å². The summed E-state index contributed by atoms with van der Waals surface area (Å²) in [5, 5.41) is 11.0. The fourth-order valence-corrected chi connectivity index (χ4v) is 5.84. The van der Waals surface area contributed by atoms with E-state index in [0.29, 0.717) is 31.1 Å². The summed E-state index contributed by atoms with van der Waals surface area (Å²) in [5.74, 6) is 1.80. The first-order chi connectivity index (χ1) is 20.9. The Labute approximate surface area is 251 Å². The van der Waals surface area contributed by atoms with Crippen molar-refractivity contribution in [1.82, 2.24) is 29.2 Å². The number of ether oxygens (including phenoxy) is 2. The number of anilines is 4. The van der Waals surface area contributed by atoms with Crippen LogP contribution in [0.4, 0.5) is 23.0 Å². The molecule has 1 amide bonds. The second-order valence-electron chi connectivity index (χ2n) is 11.1. The number of fused-ring (bicyclic) bond motifs is 3. The van der Waals surface area contributed by atoms with Crippen LogP contribution < -0.4 is 20.3 Å². The minimum atomic E-state index is -0.160. The van der Waals surface area contributed by atoms with Crippen molar-refractivity contribution in [2.75, 3.05) is 69.6 Å². The van der Waals surface area contributed by atoms with Crippen molar-refractivity contribution < 1.29 is 14.3 Å². The molecule has 0 saturated carbocycles. The summed E-state index contributed by atoms with van der Waals surface area (Å²) in [4.78, 5) is 27.7. The molecule has 2 aliphatic rings. The molecule has 1 saturated heterocycles. The minimum absolute atomic E-state index is 0.160. The van der Waals surface area contributed by atoms with Gasteiger partial charge in [0.1, 0.15) is 11.6 Å². The van der Waals surface area contributed by atoms with Crippen molar-refractivity contribution in [3.63, 3.8) is 0 Å². The van der Waals surface area contributed by atoms with E-state index in [2.05, 4.69) is 49.7 Å². The maximum Gasteiger partial charge on any atom is 0.257 e. The lowest BCUT2D eigenvalue weighted by Gasteiger charge is -2.34. The summed E-state index contributed by atoms with van der Waals surface area (Å²) in [7, 11) is 5.49. The summed E-state index contributed by atoms with van der Waals surface area (Å²) >= 11 is 0. The zero-order chi connectivity index (χ0) is 30.1. The van der Waals surface area contributed by atoms with Gasteiger partial charge < -0.3 is 34.5 Å². The van der Waals surface area contributed by atoms with Crippen LogP contribution in [0.1, 0.15) is 33.0 Å². The van der Waals surface area contributed by atoms with Gasteiger partial charge in [0, 0.05) is 68.7 Å². The van der Waals surface area contributed by atoms with Gasteiger partial charge in [0.2, 0.25) is 5.95 Å². The smallest absolute Gasteiger partial charge is 0.257 e. The number of piperazine rings is 1. The molecule has 12 nitrogen and oxygen atoms in total. The second-order valence-corrected chi connectivity index (χ2v) is 11.1. The van der Waals surface area contributed by atoms with Crippen LogP contribution >= 0.6 is 0 Å². The molecule has 0 unspecified atom stereocenters. The van der Waals surface area contributed by atoms with E-state index in [-0.39, 0.29) is 5.91 Å². The van der Waals surface area contributed by atoms with E-state index in [1.807, 2.05) is 47.6 Å². The molecule has 0 radical (unpaired) electrons. The van der Waals surface area contributed by atoms with Crippen molar-refractivity contribution in [2.24, 2.45) is 0 Å². The molecule has 0 aliphatic carbocycles. The topological polar surface area (TPSA) is 115 Å². The van der Waals surface area contributed by atoms with E-state index >= 15 is 0 Å². The quantitative estimate of drug-likeness (QED) is 0.304. The number of carbonyl (C=O) groups excluding carboxylic acids is 1. The molecule has 226 valence electrons. The van der Waals surface area contributed by atoms with Crippen molar-refractivity contribution in [3.05, 3.63) is 64.9 Å². The molecule has 3 aromatic heterocycles. The van der Waals surface area contributed by atoms with Gasteiger partial charge in [-0.3, -0.25) is 9.48 Å². The monoisotopic (exact) mass is 585 g/mol. The average molecular weight is 586 g/mol. The van der Waals surface area contributed by atoms with Gasteiger partial charge in [-0.1, -0.05) is 0 Å². The number of benzene rings is 1. The van der Waals surface area contributed by atoms with Crippen LogP contribution in [0.3, 0.4) is 0 Å². The molecule has 1 fully saturated rings. The third-order valence-corrected chi connectivity index (χ3v) is 8.36.